The maximum Gasteiger partial charge on any atom is 0.173 e. The van der Waals surface area contributed by atoms with E-state index in [1.807, 2.05) is 11.3 Å². The van der Waals surface area contributed by atoms with Crippen molar-refractivity contribution in [3.8, 4) is 0 Å². The molecule has 1 N–H and O–H groups in total. The van der Waals surface area contributed by atoms with Crippen LogP contribution in [0.2, 0.25) is 0 Å². The van der Waals surface area contributed by atoms with E-state index in [1.165, 1.54) is 16.0 Å². The van der Waals surface area contributed by atoms with Gasteiger partial charge in [0, 0.05) is 17.1 Å². The zero-order valence-corrected chi connectivity index (χ0v) is 13.4. The van der Waals surface area contributed by atoms with Crippen LogP contribution in [0.15, 0.2) is 35.7 Å². The van der Waals surface area contributed by atoms with E-state index in [1.54, 1.807) is 0 Å². The van der Waals surface area contributed by atoms with E-state index in [2.05, 4.69) is 59.8 Å². The fourth-order valence-electron chi connectivity index (χ4n) is 2.62. The van der Waals surface area contributed by atoms with Gasteiger partial charge in [0.2, 0.25) is 0 Å². The molecule has 0 radical (unpaired) electrons. The molecular weight excluding hydrogens is 284 g/mol. The van der Waals surface area contributed by atoms with Crippen molar-refractivity contribution in [1.82, 2.24) is 4.90 Å². The Kier molecular flexibility index (Phi) is 3.76. The molecule has 0 aliphatic carbocycles. The third-order valence-electron chi connectivity index (χ3n) is 3.84. The summed E-state index contributed by atoms with van der Waals surface area (Å²) in [5.74, 6) is 0. The van der Waals surface area contributed by atoms with Gasteiger partial charge in [-0.15, -0.1) is 11.3 Å². The lowest BCUT2D eigenvalue weighted by atomic mass is 10.0. The summed E-state index contributed by atoms with van der Waals surface area (Å²) in [6, 6.07) is 10.9. The van der Waals surface area contributed by atoms with Gasteiger partial charge in [-0.1, -0.05) is 17.7 Å². The van der Waals surface area contributed by atoms with Crippen molar-refractivity contribution in [2.75, 3.05) is 11.9 Å². The lowest BCUT2D eigenvalue weighted by Gasteiger charge is -2.35. The van der Waals surface area contributed by atoms with Crippen molar-refractivity contribution in [3.63, 3.8) is 0 Å². The molecule has 0 amide bonds. The first-order valence-electron chi connectivity index (χ1n) is 6.85. The number of nitrogens with zero attached hydrogens (tertiary/aromatic N) is 1. The van der Waals surface area contributed by atoms with Gasteiger partial charge in [0.25, 0.3) is 0 Å². The highest BCUT2D eigenvalue weighted by atomic mass is 32.1. The molecular formula is C16H18N2S2. The maximum absolute atomic E-state index is 5.59. The molecule has 2 heterocycles. The minimum atomic E-state index is 0.357. The van der Waals surface area contributed by atoms with Gasteiger partial charge in [0.05, 0.1) is 6.04 Å². The number of thiophene rings is 1. The van der Waals surface area contributed by atoms with Gasteiger partial charge in [-0.3, -0.25) is 0 Å². The summed E-state index contributed by atoms with van der Waals surface area (Å²) in [6.07, 6.45) is 1.09. The molecule has 1 aromatic heterocycles. The lowest BCUT2D eigenvalue weighted by molar-refractivity contribution is 0.326. The van der Waals surface area contributed by atoms with Crippen LogP contribution in [0.1, 0.15) is 29.0 Å². The van der Waals surface area contributed by atoms with Crippen molar-refractivity contribution in [3.05, 3.63) is 51.7 Å². The van der Waals surface area contributed by atoms with Gasteiger partial charge < -0.3 is 10.2 Å². The average molecular weight is 302 g/mol. The smallest absolute Gasteiger partial charge is 0.173 e. The van der Waals surface area contributed by atoms with E-state index in [9.17, 15) is 0 Å². The maximum atomic E-state index is 5.59. The summed E-state index contributed by atoms with van der Waals surface area (Å²) in [4.78, 5) is 3.79. The van der Waals surface area contributed by atoms with Gasteiger partial charge >= 0.3 is 0 Å². The number of benzene rings is 1. The number of aryl methyl sites for hydroxylation is 1. The predicted molar refractivity (Wildman–Crippen MR) is 90.5 cm³/mol. The molecule has 1 aliphatic heterocycles. The first-order chi connectivity index (χ1) is 9.65. The molecule has 4 heteroatoms. The van der Waals surface area contributed by atoms with E-state index < -0.39 is 0 Å². The Balaban J connectivity index is 1.73. The predicted octanol–water partition coefficient (Wildman–Crippen LogP) is 4.37. The number of anilines is 1. The highest BCUT2D eigenvalue weighted by Gasteiger charge is 2.26. The third-order valence-corrected chi connectivity index (χ3v) is 5.17. The number of hydrogen-bond donors (Lipinski definition) is 1. The van der Waals surface area contributed by atoms with Gasteiger partial charge in [-0.2, -0.15) is 0 Å². The quantitative estimate of drug-likeness (QED) is 0.787. The summed E-state index contributed by atoms with van der Waals surface area (Å²) in [6.45, 7) is 5.31. The summed E-state index contributed by atoms with van der Waals surface area (Å²) >= 11 is 7.45. The standard InChI is InChI=1S/C16H18N2S2/c1-11-3-5-13(6-4-11)17-16(19)18-9-7-15-14(12(18)2)8-10-20-15/h3-6,8,10,12H,7,9H2,1-2H3,(H,17,19)/t12-/m1/s1. The van der Waals surface area contributed by atoms with Gasteiger partial charge in [-0.25, -0.2) is 0 Å². The Morgan fingerprint density at radius 3 is 2.80 bits per heavy atom. The molecule has 0 saturated carbocycles. The molecule has 2 nitrogen and oxygen atoms in total. The molecule has 2 aromatic rings. The van der Waals surface area contributed by atoms with Gasteiger partial charge in [-0.05, 0) is 61.6 Å². The van der Waals surface area contributed by atoms with Crippen LogP contribution in [0.5, 0.6) is 0 Å². The minimum Gasteiger partial charge on any atom is -0.342 e. The highest BCUT2D eigenvalue weighted by Crippen LogP contribution is 2.33. The highest BCUT2D eigenvalue weighted by molar-refractivity contribution is 7.80. The molecule has 20 heavy (non-hydrogen) atoms. The van der Waals surface area contributed by atoms with Crippen molar-refractivity contribution in [1.29, 1.82) is 0 Å². The summed E-state index contributed by atoms with van der Waals surface area (Å²) in [7, 11) is 0. The van der Waals surface area contributed by atoms with Crippen LogP contribution < -0.4 is 5.32 Å². The summed E-state index contributed by atoms with van der Waals surface area (Å²) < 4.78 is 0. The largest absolute Gasteiger partial charge is 0.342 e. The van der Waals surface area contributed by atoms with Crippen LogP contribution in [-0.4, -0.2) is 16.6 Å². The van der Waals surface area contributed by atoms with Crippen molar-refractivity contribution in [2.24, 2.45) is 0 Å². The molecule has 3 rings (SSSR count). The molecule has 1 aromatic carbocycles. The van der Waals surface area contributed by atoms with Crippen LogP contribution >= 0.6 is 23.6 Å². The summed E-state index contributed by atoms with van der Waals surface area (Å²) in [5.41, 5.74) is 3.74. The Morgan fingerprint density at radius 2 is 2.05 bits per heavy atom. The first-order valence-corrected chi connectivity index (χ1v) is 8.14. The number of hydrogen-bond acceptors (Lipinski definition) is 2. The SMILES string of the molecule is Cc1ccc(NC(=S)N2CCc3sccc3[C@H]2C)cc1. The number of rotatable bonds is 1. The van der Waals surface area contributed by atoms with Gasteiger partial charge in [0.1, 0.15) is 0 Å². The van der Waals surface area contributed by atoms with E-state index in [0.29, 0.717) is 6.04 Å². The summed E-state index contributed by atoms with van der Waals surface area (Å²) in [5, 5.41) is 6.35. The Bertz CT molecular complexity index is 616. The second-order valence-electron chi connectivity index (χ2n) is 5.21. The third kappa shape index (κ3) is 2.58. The van der Waals surface area contributed by atoms with Crippen molar-refractivity contribution >= 4 is 34.4 Å². The Morgan fingerprint density at radius 1 is 1.30 bits per heavy atom. The zero-order chi connectivity index (χ0) is 14.1. The van der Waals surface area contributed by atoms with Crippen molar-refractivity contribution in [2.45, 2.75) is 26.3 Å². The van der Waals surface area contributed by atoms with Crippen LogP contribution in [0, 0.1) is 6.92 Å². The molecule has 1 atom stereocenters. The lowest BCUT2D eigenvalue weighted by Crippen LogP contribution is -2.40. The van der Waals surface area contributed by atoms with Crippen LogP contribution in [-0.2, 0) is 6.42 Å². The molecule has 0 spiro atoms. The average Bonchev–Trinajstić information content (AvgIpc) is 2.91. The molecule has 104 valence electrons. The molecule has 0 saturated heterocycles. The second-order valence-corrected chi connectivity index (χ2v) is 6.60. The number of thiocarbonyl (C=S) groups is 1. The Labute approximate surface area is 129 Å². The molecule has 0 unspecified atom stereocenters. The van der Waals surface area contributed by atoms with E-state index >= 15 is 0 Å². The normalized spacial score (nSPS) is 17.7. The molecule has 0 bridgehead atoms. The monoisotopic (exact) mass is 302 g/mol. The topological polar surface area (TPSA) is 15.3 Å². The fourth-order valence-corrected chi connectivity index (χ4v) is 3.95. The van der Waals surface area contributed by atoms with Crippen molar-refractivity contribution < 1.29 is 0 Å². The number of fused-ring (bicyclic) bond motifs is 1. The van der Waals surface area contributed by atoms with Crippen LogP contribution in [0.3, 0.4) is 0 Å². The molecule has 0 fully saturated rings. The molecule has 1 aliphatic rings. The fraction of sp³-hybridized carbons (Fsp3) is 0.312. The first kappa shape index (κ1) is 13.6. The van der Waals surface area contributed by atoms with Crippen LogP contribution in [0.25, 0.3) is 0 Å². The number of nitrogens with one attached hydrogen (secondary N) is 1. The Hall–Kier alpha value is -1.39. The second kappa shape index (κ2) is 5.54. The van der Waals surface area contributed by atoms with Crippen LogP contribution in [0.4, 0.5) is 5.69 Å². The van der Waals surface area contributed by atoms with Gasteiger partial charge in [0.15, 0.2) is 5.11 Å². The minimum absolute atomic E-state index is 0.357. The zero-order valence-electron chi connectivity index (χ0n) is 11.7. The van der Waals surface area contributed by atoms with E-state index in [0.717, 1.165) is 23.8 Å². The van der Waals surface area contributed by atoms with E-state index in [4.69, 9.17) is 12.2 Å². The van der Waals surface area contributed by atoms with E-state index in [-0.39, 0.29) is 0 Å².